The molecular weight excluding hydrogens is 382 g/mol. The van der Waals surface area contributed by atoms with Crippen LogP contribution >= 0.6 is 0 Å². The standard InChI is InChI=1S/C20H19NO8/c1-10(22)27-19(28-11(2)23)20-8-7-14(29-20)15-16(20)18(25)21(17(15)24)12-5-4-6-13(9-12)26-3/h4-9,14-16,19H,1-3H3/t14-,15+,16-,20-/m1/s1. The molecule has 1 aromatic rings. The molecule has 0 aliphatic carbocycles. The molecule has 9 nitrogen and oxygen atoms in total. The summed E-state index contributed by atoms with van der Waals surface area (Å²) in [7, 11) is 1.48. The van der Waals surface area contributed by atoms with Gasteiger partial charge in [-0.25, -0.2) is 4.90 Å². The lowest BCUT2D eigenvalue weighted by Gasteiger charge is -2.34. The Morgan fingerprint density at radius 2 is 1.83 bits per heavy atom. The molecular formula is C20H19NO8. The maximum atomic E-state index is 13.3. The van der Waals surface area contributed by atoms with E-state index in [4.69, 9.17) is 18.9 Å². The Bertz CT molecular complexity index is 924. The number of carbonyl (C=O) groups is 4. The van der Waals surface area contributed by atoms with E-state index in [0.29, 0.717) is 11.4 Å². The van der Waals surface area contributed by atoms with E-state index in [1.165, 1.54) is 13.2 Å². The van der Waals surface area contributed by atoms with Crippen LogP contribution in [0.1, 0.15) is 13.8 Å². The highest BCUT2D eigenvalue weighted by atomic mass is 16.7. The van der Waals surface area contributed by atoms with Gasteiger partial charge < -0.3 is 18.9 Å². The summed E-state index contributed by atoms with van der Waals surface area (Å²) in [5.74, 6) is -3.71. The highest BCUT2D eigenvalue weighted by molar-refractivity contribution is 6.23. The number of ether oxygens (including phenoxy) is 4. The van der Waals surface area contributed by atoms with Crippen LogP contribution < -0.4 is 9.64 Å². The highest BCUT2D eigenvalue weighted by Crippen LogP contribution is 2.54. The Hall–Kier alpha value is -3.20. The van der Waals surface area contributed by atoms with Crippen LogP contribution in [0.25, 0.3) is 0 Å². The Morgan fingerprint density at radius 3 is 2.45 bits per heavy atom. The van der Waals surface area contributed by atoms with Gasteiger partial charge in [0.25, 0.3) is 6.29 Å². The topological polar surface area (TPSA) is 108 Å². The van der Waals surface area contributed by atoms with Crippen LogP contribution in [0, 0.1) is 11.8 Å². The Morgan fingerprint density at radius 1 is 1.14 bits per heavy atom. The first-order chi connectivity index (χ1) is 13.8. The van der Waals surface area contributed by atoms with Crippen molar-refractivity contribution < 1.29 is 38.1 Å². The fraction of sp³-hybridized carbons (Fsp3) is 0.400. The molecule has 4 rings (SSSR count). The zero-order valence-electron chi connectivity index (χ0n) is 16.0. The number of nitrogens with zero attached hydrogens (tertiary/aromatic N) is 1. The normalized spacial score (nSPS) is 29.4. The van der Waals surface area contributed by atoms with E-state index in [1.54, 1.807) is 30.3 Å². The monoisotopic (exact) mass is 401 g/mol. The maximum absolute atomic E-state index is 13.3. The molecule has 0 N–H and O–H groups in total. The summed E-state index contributed by atoms with van der Waals surface area (Å²) in [6, 6.07) is 6.57. The van der Waals surface area contributed by atoms with Crippen molar-refractivity contribution in [1.82, 2.24) is 0 Å². The second kappa shape index (κ2) is 6.70. The zero-order chi connectivity index (χ0) is 20.9. The molecule has 1 aromatic carbocycles. The maximum Gasteiger partial charge on any atom is 0.305 e. The van der Waals surface area contributed by atoms with E-state index < -0.39 is 53.6 Å². The smallest absolute Gasteiger partial charge is 0.305 e. The van der Waals surface area contributed by atoms with Crippen molar-refractivity contribution in [3.63, 3.8) is 0 Å². The molecule has 4 atom stereocenters. The number of benzene rings is 1. The molecule has 0 unspecified atom stereocenters. The van der Waals surface area contributed by atoms with Gasteiger partial charge in [-0.1, -0.05) is 12.1 Å². The first kappa shape index (κ1) is 19.1. The second-order valence-electron chi connectivity index (χ2n) is 7.06. The minimum atomic E-state index is -1.56. The molecule has 152 valence electrons. The molecule has 29 heavy (non-hydrogen) atoms. The summed E-state index contributed by atoms with van der Waals surface area (Å²) in [6.07, 6.45) is 0.980. The molecule has 3 heterocycles. The van der Waals surface area contributed by atoms with E-state index in [1.807, 2.05) is 0 Å². The third-order valence-corrected chi connectivity index (χ3v) is 5.30. The quantitative estimate of drug-likeness (QED) is 0.311. The number of methoxy groups -OCH3 is 1. The minimum absolute atomic E-state index is 0.361. The highest BCUT2D eigenvalue weighted by Gasteiger charge is 2.72. The van der Waals surface area contributed by atoms with Gasteiger partial charge in [-0.2, -0.15) is 0 Å². The number of imide groups is 1. The van der Waals surface area contributed by atoms with Crippen molar-refractivity contribution in [2.24, 2.45) is 11.8 Å². The van der Waals surface area contributed by atoms with Crippen LogP contribution in [0.15, 0.2) is 36.4 Å². The van der Waals surface area contributed by atoms with Crippen molar-refractivity contribution in [1.29, 1.82) is 0 Å². The number of rotatable bonds is 5. The molecule has 3 aliphatic heterocycles. The third kappa shape index (κ3) is 2.80. The molecule has 9 heteroatoms. The number of carbonyl (C=O) groups excluding carboxylic acids is 4. The van der Waals surface area contributed by atoms with E-state index in [9.17, 15) is 19.2 Å². The average molecular weight is 401 g/mol. The van der Waals surface area contributed by atoms with Crippen LogP contribution in [0.5, 0.6) is 5.75 Å². The van der Waals surface area contributed by atoms with Gasteiger partial charge >= 0.3 is 11.9 Å². The molecule has 0 spiro atoms. The van der Waals surface area contributed by atoms with Crippen molar-refractivity contribution in [2.45, 2.75) is 31.8 Å². The largest absolute Gasteiger partial charge is 0.497 e. The first-order valence-corrected chi connectivity index (χ1v) is 9.02. The summed E-state index contributed by atoms with van der Waals surface area (Å²) in [5.41, 5.74) is -1.20. The van der Waals surface area contributed by atoms with Gasteiger partial charge in [-0.3, -0.25) is 19.2 Å². The molecule has 2 fully saturated rings. The predicted octanol–water partition coefficient (Wildman–Crippen LogP) is 0.960. The molecule has 3 aliphatic rings. The van der Waals surface area contributed by atoms with E-state index >= 15 is 0 Å². The zero-order valence-corrected chi connectivity index (χ0v) is 16.0. The fourth-order valence-electron chi connectivity index (χ4n) is 4.22. The fourth-order valence-corrected chi connectivity index (χ4v) is 4.22. The average Bonchev–Trinajstić information content (AvgIpc) is 3.32. The van der Waals surface area contributed by atoms with Crippen molar-refractivity contribution in [3.05, 3.63) is 36.4 Å². The lowest BCUT2D eigenvalue weighted by atomic mass is 9.76. The van der Waals surface area contributed by atoms with Gasteiger partial charge in [0.2, 0.25) is 11.8 Å². The summed E-state index contributed by atoms with van der Waals surface area (Å²) < 4.78 is 21.4. The molecule has 0 radical (unpaired) electrons. The summed E-state index contributed by atoms with van der Waals surface area (Å²) in [5, 5.41) is 0. The van der Waals surface area contributed by atoms with Crippen LogP contribution in [0.2, 0.25) is 0 Å². The third-order valence-electron chi connectivity index (χ3n) is 5.30. The Labute approximate surface area is 166 Å². The SMILES string of the molecule is COc1cccc(N2C(=O)[C@H]3[C@H]4C=C[C@@](C(OC(C)=O)OC(C)=O)(O4)[C@H]3C2=O)c1. The number of anilines is 1. The summed E-state index contributed by atoms with van der Waals surface area (Å²) in [6.45, 7) is 2.31. The number of hydrogen-bond donors (Lipinski definition) is 0. The molecule has 0 aromatic heterocycles. The van der Waals surface area contributed by atoms with Crippen molar-refractivity contribution in [3.8, 4) is 5.75 Å². The van der Waals surface area contributed by atoms with Crippen LogP contribution in [0.4, 0.5) is 5.69 Å². The number of amides is 2. The molecule has 2 saturated heterocycles. The van der Waals surface area contributed by atoms with Crippen LogP contribution in [-0.2, 0) is 33.4 Å². The van der Waals surface area contributed by atoms with Crippen LogP contribution in [-0.4, -0.2) is 48.9 Å². The van der Waals surface area contributed by atoms with Gasteiger partial charge in [0.15, 0.2) is 5.60 Å². The van der Waals surface area contributed by atoms with Gasteiger partial charge in [0.1, 0.15) is 5.75 Å². The molecule has 2 amide bonds. The summed E-state index contributed by atoms with van der Waals surface area (Å²) >= 11 is 0. The van der Waals surface area contributed by atoms with E-state index in [2.05, 4.69) is 0 Å². The second-order valence-corrected chi connectivity index (χ2v) is 7.06. The lowest BCUT2D eigenvalue weighted by molar-refractivity contribution is -0.226. The minimum Gasteiger partial charge on any atom is -0.497 e. The number of esters is 2. The number of fused-ring (bicyclic) bond motifs is 5. The molecule has 0 saturated carbocycles. The Kier molecular flexibility index (Phi) is 4.42. The predicted molar refractivity (Wildman–Crippen MR) is 96.5 cm³/mol. The van der Waals surface area contributed by atoms with Crippen molar-refractivity contribution in [2.75, 3.05) is 12.0 Å². The summed E-state index contributed by atoms with van der Waals surface area (Å²) in [4.78, 5) is 50.7. The Balaban J connectivity index is 1.74. The van der Waals surface area contributed by atoms with E-state index in [0.717, 1.165) is 18.7 Å². The number of hydrogen-bond acceptors (Lipinski definition) is 8. The van der Waals surface area contributed by atoms with Crippen molar-refractivity contribution >= 4 is 29.4 Å². The van der Waals surface area contributed by atoms with Gasteiger partial charge in [-0.15, -0.1) is 0 Å². The molecule has 2 bridgehead atoms. The van der Waals surface area contributed by atoms with Gasteiger partial charge in [0.05, 0.1) is 30.7 Å². The lowest BCUT2D eigenvalue weighted by Crippen LogP contribution is -2.52. The van der Waals surface area contributed by atoms with Crippen LogP contribution in [0.3, 0.4) is 0 Å². The first-order valence-electron chi connectivity index (χ1n) is 9.02. The van der Waals surface area contributed by atoms with Gasteiger partial charge in [0, 0.05) is 19.9 Å². The van der Waals surface area contributed by atoms with E-state index in [-0.39, 0.29) is 0 Å². The van der Waals surface area contributed by atoms with Gasteiger partial charge in [-0.05, 0) is 18.2 Å².